The molecule has 1 unspecified atom stereocenters. The molecule has 0 heterocycles. The zero-order chi connectivity index (χ0) is 12.0. The number of benzene rings is 1. The van der Waals surface area contributed by atoms with Gasteiger partial charge in [0.1, 0.15) is 5.82 Å². The maximum absolute atomic E-state index is 13.4. The summed E-state index contributed by atoms with van der Waals surface area (Å²) in [5.74, 6) is -0.314. The zero-order valence-electron chi connectivity index (χ0n) is 9.08. The summed E-state index contributed by atoms with van der Waals surface area (Å²) in [5, 5.41) is 0. The molecular weight excluding hydrogens is 277 g/mol. The van der Waals surface area contributed by atoms with Crippen LogP contribution in [0.1, 0.15) is 11.6 Å². The second-order valence-corrected chi connectivity index (χ2v) is 4.26. The van der Waals surface area contributed by atoms with Crippen LogP contribution in [0.15, 0.2) is 22.7 Å². The lowest BCUT2D eigenvalue weighted by atomic mass is 10.1. The predicted octanol–water partition coefficient (Wildman–Crippen LogP) is 2.25. The van der Waals surface area contributed by atoms with Gasteiger partial charge in [0.2, 0.25) is 0 Å². The standard InChI is InChI=1S/C11H15BrFNO2/c1-15-4-5-16-7-11(14)9-6-8(12)2-3-10(9)13/h2-3,6,11H,4-5,7,14H2,1H3. The van der Waals surface area contributed by atoms with Gasteiger partial charge in [-0.1, -0.05) is 15.9 Å². The number of ether oxygens (including phenoxy) is 2. The lowest BCUT2D eigenvalue weighted by molar-refractivity contribution is 0.0632. The van der Waals surface area contributed by atoms with Crippen molar-refractivity contribution < 1.29 is 13.9 Å². The van der Waals surface area contributed by atoms with Crippen molar-refractivity contribution in [1.29, 1.82) is 0 Å². The molecule has 0 saturated carbocycles. The third kappa shape index (κ3) is 4.17. The minimum absolute atomic E-state index is 0.275. The highest BCUT2D eigenvalue weighted by molar-refractivity contribution is 9.10. The number of hydrogen-bond acceptors (Lipinski definition) is 3. The van der Waals surface area contributed by atoms with Crippen LogP contribution in [0.2, 0.25) is 0 Å². The molecule has 1 atom stereocenters. The SMILES string of the molecule is COCCOCC(N)c1cc(Br)ccc1F. The lowest BCUT2D eigenvalue weighted by Gasteiger charge is -2.13. The van der Waals surface area contributed by atoms with Crippen molar-refractivity contribution in [3.63, 3.8) is 0 Å². The minimum Gasteiger partial charge on any atom is -0.382 e. The van der Waals surface area contributed by atoms with Gasteiger partial charge < -0.3 is 15.2 Å². The summed E-state index contributed by atoms with van der Waals surface area (Å²) in [4.78, 5) is 0. The molecule has 0 radical (unpaired) electrons. The summed E-state index contributed by atoms with van der Waals surface area (Å²) in [6.45, 7) is 1.24. The van der Waals surface area contributed by atoms with Crippen molar-refractivity contribution >= 4 is 15.9 Å². The molecule has 1 aromatic rings. The van der Waals surface area contributed by atoms with Crippen LogP contribution in [0, 0.1) is 5.82 Å². The summed E-state index contributed by atoms with van der Waals surface area (Å²) in [6.07, 6.45) is 0. The summed E-state index contributed by atoms with van der Waals surface area (Å²) < 4.78 is 24.3. The molecule has 1 aromatic carbocycles. The fourth-order valence-electron chi connectivity index (χ4n) is 1.24. The third-order valence-corrected chi connectivity index (χ3v) is 2.58. The van der Waals surface area contributed by atoms with Crippen molar-refractivity contribution in [3.05, 3.63) is 34.1 Å². The Morgan fingerprint density at radius 2 is 2.19 bits per heavy atom. The molecule has 0 aliphatic heterocycles. The largest absolute Gasteiger partial charge is 0.382 e. The normalized spacial score (nSPS) is 12.8. The summed E-state index contributed by atoms with van der Waals surface area (Å²) in [6, 6.07) is 4.22. The van der Waals surface area contributed by atoms with Gasteiger partial charge in [-0.15, -0.1) is 0 Å². The molecule has 0 aromatic heterocycles. The van der Waals surface area contributed by atoms with Crippen LogP contribution in [0.5, 0.6) is 0 Å². The molecule has 3 nitrogen and oxygen atoms in total. The maximum atomic E-state index is 13.4. The number of methoxy groups -OCH3 is 1. The van der Waals surface area contributed by atoms with Crippen LogP contribution in [0.25, 0.3) is 0 Å². The van der Waals surface area contributed by atoms with E-state index in [-0.39, 0.29) is 12.4 Å². The fraction of sp³-hybridized carbons (Fsp3) is 0.455. The van der Waals surface area contributed by atoms with E-state index in [9.17, 15) is 4.39 Å². The number of rotatable bonds is 6. The quantitative estimate of drug-likeness (QED) is 0.818. The smallest absolute Gasteiger partial charge is 0.128 e. The summed E-state index contributed by atoms with van der Waals surface area (Å²) in [5.41, 5.74) is 6.27. The molecule has 5 heteroatoms. The average molecular weight is 292 g/mol. The van der Waals surface area contributed by atoms with Crippen molar-refractivity contribution in [2.24, 2.45) is 5.73 Å². The molecule has 90 valence electrons. The van der Waals surface area contributed by atoms with Gasteiger partial charge in [0.25, 0.3) is 0 Å². The first-order valence-electron chi connectivity index (χ1n) is 4.92. The van der Waals surface area contributed by atoms with E-state index in [4.69, 9.17) is 15.2 Å². The predicted molar refractivity (Wildman–Crippen MR) is 63.7 cm³/mol. The van der Waals surface area contributed by atoms with Gasteiger partial charge in [0.05, 0.1) is 25.9 Å². The van der Waals surface area contributed by atoms with Crippen LogP contribution in [-0.4, -0.2) is 26.9 Å². The molecule has 16 heavy (non-hydrogen) atoms. The Bertz CT molecular complexity index is 336. The Labute approximate surface area is 103 Å². The minimum atomic E-state index is -0.464. The average Bonchev–Trinajstić information content (AvgIpc) is 2.27. The first kappa shape index (κ1) is 13.6. The molecule has 0 aliphatic carbocycles. The molecule has 0 amide bonds. The Morgan fingerprint density at radius 1 is 1.44 bits per heavy atom. The molecular formula is C11H15BrFNO2. The van der Waals surface area contributed by atoms with Crippen LogP contribution < -0.4 is 5.73 Å². The van der Waals surface area contributed by atoms with E-state index in [1.165, 1.54) is 6.07 Å². The van der Waals surface area contributed by atoms with Gasteiger partial charge in [-0.25, -0.2) is 4.39 Å². The van der Waals surface area contributed by atoms with E-state index in [1.54, 1.807) is 19.2 Å². The summed E-state index contributed by atoms with van der Waals surface area (Å²) in [7, 11) is 1.59. The van der Waals surface area contributed by atoms with E-state index < -0.39 is 6.04 Å². The zero-order valence-corrected chi connectivity index (χ0v) is 10.7. The van der Waals surface area contributed by atoms with Crippen molar-refractivity contribution in [2.75, 3.05) is 26.9 Å². The highest BCUT2D eigenvalue weighted by atomic mass is 79.9. The molecule has 0 aliphatic rings. The van der Waals surface area contributed by atoms with Gasteiger partial charge in [0.15, 0.2) is 0 Å². The second-order valence-electron chi connectivity index (χ2n) is 3.34. The molecule has 0 bridgehead atoms. The van der Waals surface area contributed by atoms with E-state index in [1.807, 2.05) is 0 Å². The lowest BCUT2D eigenvalue weighted by Crippen LogP contribution is -2.19. The Kier molecular flexibility index (Phi) is 5.90. The van der Waals surface area contributed by atoms with Crippen molar-refractivity contribution in [1.82, 2.24) is 0 Å². The summed E-state index contributed by atoms with van der Waals surface area (Å²) >= 11 is 3.27. The van der Waals surface area contributed by atoms with Gasteiger partial charge in [-0.05, 0) is 18.2 Å². The third-order valence-electron chi connectivity index (χ3n) is 2.09. The molecule has 0 fully saturated rings. The van der Waals surface area contributed by atoms with Crippen LogP contribution in [0.3, 0.4) is 0 Å². The Morgan fingerprint density at radius 3 is 2.88 bits per heavy atom. The van der Waals surface area contributed by atoms with E-state index >= 15 is 0 Å². The second kappa shape index (κ2) is 6.96. The molecule has 2 N–H and O–H groups in total. The van der Waals surface area contributed by atoms with Gasteiger partial charge in [0, 0.05) is 17.1 Å². The topological polar surface area (TPSA) is 44.5 Å². The number of hydrogen-bond donors (Lipinski definition) is 1. The highest BCUT2D eigenvalue weighted by Crippen LogP contribution is 2.20. The first-order valence-corrected chi connectivity index (χ1v) is 5.71. The van der Waals surface area contributed by atoms with Crippen molar-refractivity contribution in [2.45, 2.75) is 6.04 Å². The Balaban J connectivity index is 2.51. The van der Waals surface area contributed by atoms with Crippen LogP contribution in [0.4, 0.5) is 4.39 Å². The molecule has 0 spiro atoms. The fourth-order valence-corrected chi connectivity index (χ4v) is 1.62. The molecule has 0 saturated heterocycles. The van der Waals surface area contributed by atoms with E-state index in [0.29, 0.717) is 18.8 Å². The van der Waals surface area contributed by atoms with Gasteiger partial charge in [-0.3, -0.25) is 0 Å². The van der Waals surface area contributed by atoms with Crippen molar-refractivity contribution in [3.8, 4) is 0 Å². The van der Waals surface area contributed by atoms with Gasteiger partial charge >= 0.3 is 0 Å². The first-order chi connectivity index (χ1) is 7.65. The maximum Gasteiger partial charge on any atom is 0.128 e. The monoisotopic (exact) mass is 291 g/mol. The highest BCUT2D eigenvalue weighted by Gasteiger charge is 2.11. The van der Waals surface area contributed by atoms with Gasteiger partial charge in [-0.2, -0.15) is 0 Å². The Hall–Kier alpha value is -0.490. The number of halogens is 2. The van der Waals surface area contributed by atoms with Crippen LogP contribution >= 0.6 is 15.9 Å². The van der Waals surface area contributed by atoms with E-state index in [0.717, 1.165) is 4.47 Å². The van der Waals surface area contributed by atoms with E-state index in [2.05, 4.69) is 15.9 Å². The van der Waals surface area contributed by atoms with Crippen LogP contribution in [-0.2, 0) is 9.47 Å². The molecule has 1 rings (SSSR count). The number of nitrogens with two attached hydrogens (primary N) is 1.